The fraction of sp³-hybridized carbons (Fsp3) is 0.250. The minimum absolute atomic E-state index is 0.0556. The number of aromatic nitrogens is 4. The second kappa shape index (κ2) is 6.98. The Bertz CT molecular complexity index is 938. The highest BCUT2D eigenvalue weighted by atomic mass is 19.3. The molecule has 0 radical (unpaired) electrons. The summed E-state index contributed by atoms with van der Waals surface area (Å²) < 4.78 is 45.4. The zero-order chi connectivity index (χ0) is 18.8. The van der Waals surface area contributed by atoms with Crippen LogP contribution in [0, 0.1) is 5.82 Å². The first-order chi connectivity index (χ1) is 12.3. The van der Waals surface area contributed by atoms with Crippen molar-refractivity contribution in [2.45, 2.75) is 19.4 Å². The van der Waals surface area contributed by atoms with Crippen molar-refractivity contribution >= 4 is 5.91 Å². The van der Waals surface area contributed by atoms with Crippen LogP contribution in [0.3, 0.4) is 0 Å². The number of carbonyl (C=O) groups excluding carboxylic acids is 1. The van der Waals surface area contributed by atoms with Crippen molar-refractivity contribution in [1.29, 1.82) is 0 Å². The van der Waals surface area contributed by atoms with Gasteiger partial charge in [0.2, 0.25) is 11.7 Å². The lowest BCUT2D eigenvalue weighted by Crippen LogP contribution is -2.27. The smallest absolute Gasteiger partial charge is 0.282 e. The number of benzene rings is 1. The van der Waals surface area contributed by atoms with Gasteiger partial charge < -0.3 is 9.84 Å². The summed E-state index contributed by atoms with van der Waals surface area (Å²) in [5.74, 6) is -0.993. The van der Waals surface area contributed by atoms with E-state index in [0.29, 0.717) is 5.56 Å². The van der Waals surface area contributed by atoms with E-state index in [4.69, 9.17) is 4.52 Å². The van der Waals surface area contributed by atoms with E-state index in [9.17, 15) is 18.0 Å². The number of nitrogens with one attached hydrogen (secondary N) is 1. The molecule has 0 saturated heterocycles. The molecule has 0 bridgehead atoms. The van der Waals surface area contributed by atoms with Gasteiger partial charge >= 0.3 is 0 Å². The Morgan fingerprint density at radius 1 is 1.35 bits per heavy atom. The summed E-state index contributed by atoms with van der Waals surface area (Å²) in [7, 11) is 1.44. The van der Waals surface area contributed by atoms with Crippen molar-refractivity contribution < 1.29 is 22.5 Å². The van der Waals surface area contributed by atoms with Gasteiger partial charge in [0.15, 0.2) is 0 Å². The molecule has 0 aliphatic carbocycles. The number of halogens is 3. The third-order valence-electron chi connectivity index (χ3n) is 3.55. The number of aryl methyl sites for hydroxylation is 1. The number of alkyl halides is 2. The summed E-state index contributed by atoms with van der Waals surface area (Å²) in [6, 6.07) is 4.87. The van der Waals surface area contributed by atoms with Gasteiger partial charge in [-0.2, -0.15) is 10.1 Å². The zero-order valence-corrected chi connectivity index (χ0v) is 13.8. The van der Waals surface area contributed by atoms with Gasteiger partial charge in [0.25, 0.3) is 12.3 Å². The van der Waals surface area contributed by atoms with Gasteiger partial charge in [-0.1, -0.05) is 17.3 Å². The Balaban J connectivity index is 1.76. The Morgan fingerprint density at radius 3 is 2.81 bits per heavy atom. The van der Waals surface area contributed by atoms with Crippen LogP contribution in [0.15, 0.2) is 35.0 Å². The molecule has 0 aliphatic rings. The van der Waals surface area contributed by atoms with E-state index in [2.05, 4.69) is 20.6 Å². The fourth-order valence-corrected chi connectivity index (χ4v) is 2.33. The number of rotatable bonds is 5. The number of carbonyl (C=O) groups is 1. The number of nitrogens with zero attached hydrogens (tertiary/aromatic N) is 4. The molecule has 3 aromatic rings. The topological polar surface area (TPSA) is 85.8 Å². The summed E-state index contributed by atoms with van der Waals surface area (Å²) in [5.41, 5.74) is -0.437. The molecule has 0 aliphatic heterocycles. The molecule has 0 unspecified atom stereocenters. The first-order valence-electron chi connectivity index (χ1n) is 7.57. The van der Waals surface area contributed by atoms with E-state index in [0.717, 1.165) is 4.68 Å². The van der Waals surface area contributed by atoms with Gasteiger partial charge in [-0.25, -0.2) is 13.2 Å². The van der Waals surface area contributed by atoms with E-state index in [1.807, 2.05) is 0 Å². The Kier molecular flexibility index (Phi) is 4.74. The van der Waals surface area contributed by atoms with Crippen LogP contribution in [-0.4, -0.2) is 25.8 Å². The third-order valence-corrected chi connectivity index (χ3v) is 3.55. The minimum atomic E-state index is -2.88. The lowest BCUT2D eigenvalue weighted by molar-refractivity contribution is 0.0918. The fourth-order valence-electron chi connectivity index (χ4n) is 2.33. The van der Waals surface area contributed by atoms with Crippen molar-refractivity contribution in [3.8, 4) is 11.4 Å². The second-order valence-corrected chi connectivity index (χ2v) is 5.56. The Morgan fingerprint density at radius 2 is 2.12 bits per heavy atom. The molecule has 0 fully saturated rings. The predicted octanol–water partition coefficient (Wildman–Crippen LogP) is 3.04. The SMILES string of the molecule is C[C@H](NC(=O)c1cn(C)nc1C(F)F)c1nc(-c2cccc(F)c2)no1. The van der Waals surface area contributed by atoms with Crippen LogP contribution in [0.1, 0.15) is 41.3 Å². The first kappa shape index (κ1) is 17.6. The highest BCUT2D eigenvalue weighted by molar-refractivity contribution is 5.95. The van der Waals surface area contributed by atoms with Gasteiger partial charge in [-0.3, -0.25) is 9.48 Å². The lowest BCUT2D eigenvalue weighted by atomic mass is 10.2. The molecule has 3 rings (SSSR count). The number of hydrogen-bond acceptors (Lipinski definition) is 5. The standard InChI is InChI=1S/C16H14F3N5O2/c1-8(20-15(25)11-7-24(2)22-12(11)13(18)19)16-21-14(23-26-16)9-4-3-5-10(17)6-9/h3-8,13H,1-2H3,(H,20,25)/t8-/m0/s1. The number of hydrogen-bond donors (Lipinski definition) is 1. The maximum absolute atomic E-state index is 13.3. The molecule has 1 atom stereocenters. The highest BCUT2D eigenvalue weighted by Gasteiger charge is 2.25. The molecule has 2 aromatic heterocycles. The van der Waals surface area contributed by atoms with E-state index in [1.165, 1.54) is 31.4 Å². The zero-order valence-electron chi connectivity index (χ0n) is 13.8. The largest absolute Gasteiger partial charge is 0.340 e. The Labute approximate surface area is 145 Å². The summed E-state index contributed by atoms with van der Waals surface area (Å²) >= 11 is 0. The van der Waals surface area contributed by atoms with Crippen molar-refractivity contribution in [1.82, 2.24) is 25.2 Å². The van der Waals surface area contributed by atoms with Crippen molar-refractivity contribution in [3.05, 3.63) is 53.4 Å². The van der Waals surface area contributed by atoms with Gasteiger partial charge in [0.05, 0.1) is 5.56 Å². The molecule has 26 heavy (non-hydrogen) atoms. The molecular weight excluding hydrogens is 351 g/mol. The molecule has 0 spiro atoms. The average molecular weight is 365 g/mol. The van der Waals surface area contributed by atoms with Crippen molar-refractivity contribution in [2.24, 2.45) is 7.05 Å². The van der Waals surface area contributed by atoms with Crippen molar-refractivity contribution in [3.63, 3.8) is 0 Å². The first-order valence-corrected chi connectivity index (χ1v) is 7.57. The van der Waals surface area contributed by atoms with Gasteiger partial charge in [0, 0.05) is 18.8 Å². The van der Waals surface area contributed by atoms with E-state index in [1.54, 1.807) is 13.0 Å². The molecule has 10 heteroatoms. The van der Waals surface area contributed by atoms with Gasteiger partial charge in [-0.05, 0) is 19.1 Å². The average Bonchev–Trinajstić information content (AvgIpc) is 3.21. The molecule has 1 aromatic carbocycles. The quantitative estimate of drug-likeness (QED) is 0.751. The molecule has 1 amide bonds. The van der Waals surface area contributed by atoms with Crippen molar-refractivity contribution in [2.75, 3.05) is 0 Å². The maximum atomic E-state index is 13.3. The summed E-state index contributed by atoms with van der Waals surface area (Å²) in [5, 5.41) is 9.82. The summed E-state index contributed by atoms with van der Waals surface area (Å²) in [6.45, 7) is 1.55. The molecular formula is C16H14F3N5O2. The lowest BCUT2D eigenvalue weighted by Gasteiger charge is -2.09. The summed E-state index contributed by atoms with van der Waals surface area (Å²) in [6.07, 6.45) is -1.68. The molecule has 0 saturated carbocycles. The third kappa shape index (κ3) is 3.58. The normalized spacial score (nSPS) is 12.4. The minimum Gasteiger partial charge on any atom is -0.340 e. The monoisotopic (exact) mass is 365 g/mol. The summed E-state index contributed by atoms with van der Waals surface area (Å²) in [4.78, 5) is 16.4. The van der Waals surface area contributed by atoms with Crippen LogP contribution in [0.2, 0.25) is 0 Å². The predicted molar refractivity (Wildman–Crippen MR) is 83.7 cm³/mol. The molecule has 1 N–H and O–H groups in total. The van der Waals surface area contributed by atoms with Crippen LogP contribution in [0.25, 0.3) is 11.4 Å². The molecule has 7 nitrogen and oxygen atoms in total. The number of amides is 1. The van der Waals surface area contributed by atoms with E-state index >= 15 is 0 Å². The van der Waals surface area contributed by atoms with E-state index < -0.39 is 29.9 Å². The highest BCUT2D eigenvalue weighted by Crippen LogP contribution is 2.23. The van der Waals surface area contributed by atoms with Gasteiger partial charge in [0.1, 0.15) is 17.6 Å². The van der Waals surface area contributed by atoms with Gasteiger partial charge in [-0.15, -0.1) is 0 Å². The Hall–Kier alpha value is -3.17. The van der Waals surface area contributed by atoms with Crippen LogP contribution in [0.5, 0.6) is 0 Å². The van der Waals surface area contributed by atoms with E-state index in [-0.39, 0.29) is 17.3 Å². The maximum Gasteiger partial charge on any atom is 0.282 e. The van der Waals surface area contributed by atoms with Crippen LogP contribution >= 0.6 is 0 Å². The molecule has 136 valence electrons. The molecule has 2 heterocycles. The van der Waals surface area contributed by atoms with Crippen LogP contribution in [-0.2, 0) is 7.05 Å². The second-order valence-electron chi connectivity index (χ2n) is 5.56. The van der Waals surface area contributed by atoms with Crippen LogP contribution in [0.4, 0.5) is 13.2 Å². The van der Waals surface area contributed by atoms with Crippen LogP contribution < -0.4 is 5.32 Å².